The number of carbonyl (C=O) groups excluding carboxylic acids is 1. The molecule has 7 heteroatoms. The highest BCUT2D eigenvalue weighted by atomic mass is 35.5. The monoisotopic (exact) mass is 323 g/mol. The van der Waals surface area contributed by atoms with Crippen molar-refractivity contribution in [1.29, 1.82) is 0 Å². The zero-order valence-electron chi connectivity index (χ0n) is 11.9. The molecule has 0 radical (unpaired) electrons. The molecule has 0 aliphatic carbocycles. The van der Waals surface area contributed by atoms with E-state index < -0.39 is 5.82 Å². The number of ether oxygens (including phenoxy) is 1. The molecule has 1 saturated heterocycles. The van der Waals surface area contributed by atoms with Crippen LogP contribution in [0.15, 0.2) is 30.6 Å². The van der Waals surface area contributed by atoms with Crippen LogP contribution >= 0.6 is 11.6 Å². The minimum absolute atomic E-state index is 0.188. The summed E-state index contributed by atoms with van der Waals surface area (Å²) in [5.41, 5.74) is 0.190. The molecule has 1 aromatic carbocycles. The summed E-state index contributed by atoms with van der Waals surface area (Å²) < 4.78 is 20.9. The van der Waals surface area contributed by atoms with Crippen LogP contribution in [0.3, 0.4) is 0 Å². The number of nitrogens with one attached hydrogen (secondary N) is 1. The molecule has 3 rings (SSSR count). The number of carbonyl (C=O) groups is 1. The molecule has 5 nitrogen and oxygen atoms in total. The van der Waals surface area contributed by atoms with Crippen LogP contribution in [-0.2, 0) is 11.8 Å². The number of halogens is 2. The summed E-state index contributed by atoms with van der Waals surface area (Å²) in [4.78, 5) is 16.5. The van der Waals surface area contributed by atoms with E-state index in [1.165, 1.54) is 6.07 Å². The number of nitrogens with zero attached hydrogens (tertiary/aromatic N) is 2. The predicted octanol–water partition coefficient (Wildman–Crippen LogP) is 2.47. The van der Waals surface area contributed by atoms with E-state index in [-0.39, 0.29) is 28.6 Å². The lowest BCUT2D eigenvalue weighted by molar-refractivity contribution is 0.0779. The van der Waals surface area contributed by atoms with Gasteiger partial charge in [-0.25, -0.2) is 9.37 Å². The van der Waals surface area contributed by atoms with Crippen molar-refractivity contribution in [2.45, 2.75) is 18.6 Å². The highest BCUT2D eigenvalue weighted by Gasteiger charge is 2.33. The predicted molar refractivity (Wildman–Crippen MR) is 79.2 cm³/mol. The Bertz CT molecular complexity index is 684. The van der Waals surface area contributed by atoms with Gasteiger partial charge in [0.2, 0.25) is 0 Å². The van der Waals surface area contributed by atoms with Crippen molar-refractivity contribution >= 4 is 17.5 Å². The lowest BCUT2D eigenvalue weighted by Crippen LogP contribution is -2.37. The Labute approximate surface area is 132 Å². The van der Waals surface area contributed by atoms with E-state index in [4.69, 9.17) is 16.3 Å². The molecule has 1 N–H and O–H groups in total. The standard InChI is InChI=1S/C15H15ClFN3O2/c1-20-4-3-18-14(20)13-12(2-5-22-13)19-15(21)9-6-10(16)8-11(17)7-9/h3-4,6-8,12-13H,2,5H2,1H3,(H,19,21)/t12-,13-/m0/s1. The third-order valence-electron chi connectivity index (χ3n) is 3.65. The van der Waals surface area contributed by atoms with Crippen LogP contribution in [0.4, 0.5) is 4.39 Å². The number of hydrogen-bond donors (Lipinski definition) is 1. The lowest BCUT2D eigenvalue weighted by Gasteiger charge is -2.19. The maximum absolute atomic E-state index is 13.4. The molecule has 2 atom stereocenters. The van der Waals surface area contributed by atoms with Gasteiger partial charge in [0.25, 0.3) is 5.91 Å². The summed E-state index contributed by atoms with van der Waals surface area (Å²) in [6, 6.07) is 3.54. The van der Waals surface area contributed by atoms with E-state index in [1.54, 1.807) is 6.20 Å². The maximum atomic E-state index is 13.4. The first-order valence-corrected chi connectivity index (χ1v) is 7.28. The van der Waals surface area contributed by atoms with Gasteiger partial charge in [-0.15, -0.1) is 0 Å². The quantitative estimate of drug-likeness (QED) is 0.944. The first kappa shape index (κ1) is 15.0. The van der Waals surface area contributed by atoms with Crippen LogP contribution in [0, 0.1) is 5.82 Å². The van der Waals surface area contributed by atoms with Crippen LogP contribution in [0.2, 0.25) is 5.02 Å². The Balaban J connectivity index is 1.77. The van der Waals surface area contributed by atoms with E-state index in [0.29, 0.717) is 13.0 Å². The number of aryl methyl sites for hydroxylation is 1. The second kappa shape index (κ2) is 6.06. The fourth-order valence-corrected chi connectivity index (χ4v) is 2.80. The van der Waals surface area contributed by atoms with Gasteiger partial charge in [0, 0.05) is 36.6 Å². The number of benzene rings is 1. The van der Waals surface area contributed by atoms with Gasteiger partial charge in [-0.1, -0.05) is 11.6 Å². The fourth-order valence-electron chi connectivity index (χ4n) is 2.58. The summed E-state index contributed by atoms with van der Waals surface area (Å²) in [6.45, 7) is 0.534. The molecule has 22 heavy (non-hydrogen) atoms. The van der Waals surface area contributed by atoms with Gasteiger partial charge in [-0.05, 0) is 24.6 Å². The largest absolute Gasteiger partial charge is 0.368 e. The van der Waals surface area contributed by atoms with Gasteiger partial charge in [0.05, 0.1) is 6.04 Å². The molecule has 0 unspecified atom stereocenters. The Kier molecular flexibility index (Phi) is 4.13. The van der Waals surface area contributed by atoms with Crippen molar-refractivity contribution in [3.8, 4) is 0 Å². The molecule has 1 aromatic heterocycles. The number of rotatable bonds is 3. The first-order chi connectivity index (χ1) is 10.5. The number of hydrogen-bond acceptors (Lipinski definition) is 3. The van der Waals surface area contributed by atoms with Crippen LogP contribution in [-0.4, -0.2) is 28.1 Å². The van der Waals surface area contributed by atoms with Crippen LogP contribution in [0.5, 0.6) is 0 Å². The molecule has 2 aromatic rings. The van der Waals surface area contributed by atoms with Gasteiger partial charge in [0.1, 0.15) is 17.7 Å². The molecule has 0 saturated carbocycles. The molecule has 1 aliphatic rings. The lowest BCUT2D eigenvalue weighted by atomic mass is 10.1. The third kappa shape index (κ3) is 2.98. The van der Waals surface area contributed by atoms with Crippen molar-refractivity contribution in [3.63, 3.8) is 0 Å². The molecule has 0 spiro atoms. The van der Waals surface area contributed by atoms with Gasteiger partial charge in [-0.2, -0.15) is 0 Å². The second-order valence-corrected chi connectivity index (χ2v) is 5.65. The Morgan fingerprint density at radius 3 is 3.00 bits per heavy atom. The molecule has 1 fully saturated rings. The molecular formula is C15H15ClFN3O2. The number of imidazole rings is 1. The van der Waals surface area contributed by atoms with Gasteiger partial charge in [-0.3, -0.25) is 4.79 Å². The minimum Gasteiger partial charge on any atom is -0.368 e. The van der Waals surface area contributed by atoms with Gasteiger partial charge < -0.3 is 14.6 Å². The average molecular weight is 324 g/mol. The third-order valence-corrected chi connectivity index (χ3v) is 3.86. The Morgan fingerprint density at radius 2 is 2.32 bits per heavy atom. The van der Waals surface area contributed by atoms with Crippen molar-refractivity contribution in [1.82, 2.24) is 14.9 Å². The number of aromatic nitrogens is 2. The first-order valence-electron chi connectivity index (χ1n) is 6.90. The maximum Gasteiger partial charge on any atom is 0.251 e. The summed E-state index contributed by atoms with van der Waals surface area (Å²) in [5.74, 6) is -0.169. The second-order valence-electron chi connectivity index (χ2n) is 5.21. The summed E-state index contributed by atoms with van der Waals surface area (Å²) in [6.07, 6.45) is 3.87. The van der Waals surface area contributed by atoms with Crippen LogP contribution in [0.25, 0.3) is 0 Å². The summed E-state index contributed by atoms with van der Waals surface area (Å²) in [5, 5.41) is 3.06. The molecule has 1 amide bonds. The van der Waals surface area contributed by atoms with Crippen molar-refractivity contribution < 1.29 is 13.9 Å². The van der Waals surface area contributed by atoms with E-state index in [0.717, 1.165) is 18.0 Å². The Morgan fingerprint density at radius 1 is 1.50 bits per heavy atom. The number of amides is 1. The molecule has 0 bridgehead atoms. The molecule has 1 aliphatic heterocycles. The van der Waals surface area contributed by atoms with Gasteiger partial charge >= 0.3 is 0 Å². The molecule has 2 heterocycles. The minimum atomic E-state index is -0.541. The average Bonchev–Trinajstić information content (AvgIpc) is 3.06. The van der Waals surface area contributed by atoms with E-state index in [2.05, 4.69) is 10.3 Å². The smallest absolute Gasteiger partial charge is 0.251 e. The SMILES string of the molecule is Cn1ccnc1[C@H]1OCC[C@@H]1NC(=O)c1cc(F)cc(Cl)c1. The normalized spacial score (nSPS) is 21.0. The molecular weight excluding hydrogens is 309 g/mol. The zero-order valence-corrected chi connectivity index (χ0v) is 12.7. The van der Waals surface area contributed by atoms with Crippen LogP contribution in [0.1, 0.15) is 28.7 Å². The van der Waals surface area contributed by atoms with E-state index >= 15 is 0 Å². The summed E-state index contributed by atoms with van der Waals surface area (Å²) in [7, 11) is 1.87. The zero-order chi connectivity index (χ0) is 15.7. The van der Waals surface area contributed by atoms with Crippen molar-refractivity contribution in [3.05, 3.63) is 52.8 Å². The molecule has 116 valence electrons. The van der Waals surface area contributed by atoms with E-state index in [9.17, 15) is 9.18 Å². The Hall–Kier alpha value is -1.92. The highest BCUT2D eigenvalue weighted by Crippen LogP contribution is 2.28. The van der Waals surface area contributed by atoms with E-state index in [1.807, 2.05) is 17.8 Å². The topological polar surface area (TPSA) is 56.1 Å². The van der Waals surface area contributed by atoms with Crippen LogP contribution < -0.4 is 5.32 Å². The highest BCUT2D eigenvalue weighted by molar-refractivity contribution is 6.31. The van der Waals surface area contributed by atoms with Gasteiger partial charge in [0.15, 0.2) is 0 Å². The fraction of sp³-hybridized carbons (Fsp3) is 0.333. The van der Waals surface area contributed by atoms with Crippen molar-refractivity contribution in [2.24, 2.45) is 7.05 Å². The van der Waals surface area contributed by atoms with Crippen molar-refractivity contribution in [2.75, 3.05) is 6.61 Å². The summed E-state index contributed by atoms with van der Waals surface area (Å²) >= 11 is 5.78.